The first-order valence-electron chi connectivity index (χ1n) is 7.42. The number of hydrogen-bond acceptors (Lipinski definition) is 5. The monoisotopic (exact) mass is 353 g/mol. The molecule has 26 heavy (non-hydrogen) atoms. The summed E-state index contributed by atoms with van der Waals surface area (Å²) in [5.74, 6) is -0.940. The normalized spacial score (nSPS) is 10.8. The molecule has 2 aromatic carbocycles. The highest BCUT2D eigenvalue weighted by Gasteiger charge is 2.11. The molecule has 0 spiro atoms. The van der Waals surface area contributed by atoms with Crippen LogP contribution < -0.4 is 5.43 Å². The van der Waals surface area contributed by atoms with E-state index in [1.807, 2.05) is 0 Å². The molecule has 1 heterocycles. The number of aromatic nitrogens is 2. The van der Waals surface area contributed by atoms with Crippen LogP contribution in [0.25, 0.3) is 11.3 Å². The maximum absolute atomic E-state index is 13.0. The Morgan fingerprint density at radius 3 is 2.77 bits per heavy atom. The molecule has 130 valence electrons. The van der Waals surface area contributed by atoms with Crippen molar-refractivity contribution in [3.05, 3.63) is 81.8 Å². The minimum absolute atomic E-state index is 0.113. The number of nitro benzene ring substituents is 1. The van der Waals surface area contributed by atoms with Gasteiger partial charge >= 0.3 is 0 Å². The minimum atomic E-state index is -0.586. The van der Waals surface area contributed by atoms with Crippen LogP contribution in [0, 0.1) is 15.9 Å². The summed E-state index contributed by atoms with van der Waals surface area (Å²) in [6.45, 7) is 0. The molecule has 3 aromatic rings. The highest BCUT2D eigenvalue weighted by Crippen LogP contribution is 2.20. The second-order valence-corrected chi connectivity index (χ2v) is 5.21. The number of non-ortho nitro benzene ring substituents is 1. The number of nitro groups is 1. The van der Waals surface area contributed by atoms with Gasteiger partial charge in [0, 0.05) is 28.8 Å². The summed E-state index contributed by atoms with van der Waals surface area (Å²) in [5.41, 5.74) is 4.12. The number of aromatic amines is 1. The van der Waals surface area contributed by atoms with Crippen LogP contribution in [-0.2, 0) is 0 Å². The summed E-state index contributed by atoms with van der Waals surface area (Å²) in [7, 11) is 0. The number of H-pyrrole nitrogens is 1. The number of halogens is 1. The Kier molecular flexibility index (Phi) is 4.79. The standard InChI is InChI=1S/C17H12FN5O3/c18-14-6-4-11(5-7-14)16-13(9-19-21-16)10-20-22-17(24)12-2-1-3-15(8-12)23(25)26/h1-10H,(H,19,21)(H,22,24). The molecule has 2 N–H and O–H groups in total. The van der Waals surface area contributed by atoms with Gasteiger partial charge in [-0.25, -0.2) is 9.82 Å². The number of carbonyl (C=O) groups is 1. The maximum atomic E-state index is 13.0. The van der Waals surface area contributed by atoms with Crippen LogP contribution in [0.4, 0.5) is 10.1 Å². The van der Waals surface area contributed by atoms with Crippen molar-refractivity contribution in [2.45, 2.75) is 0 Å². The van der Waals surface area contributed by atoms with Crippen molar-refractivity contribution in [1.29, 1.82) is 0 Å². The van der Waals surface area contributed by atoms with E-state index in [4.69, 9.17) is 0 Å². The van der Waals surface area contributed by atoms with Gasteiger partial charge in [-0.1, -0.05) is 6.07 Å². The third-order valence-corrected chi connectivity index (χ3v) is 3.49. The molecule has 1 aromatic heterocycles. The molecule has 0 fully saturated rings. The van der Waals surface area contributed by atoms with E-state index >= 15 is 0 Å². The molecular weight excluding hydrogens is 341 g/mol. The van der Waals surface area contributed by atoms with E-state index in [0.29, 0.717) is 16.8 Å². The van der Waals surface area contributed by atoms with E-state index in [-0.39, 0.29) is 17.1 Å². The molecule has 0 aliphatic rings. The average molecular weight is 353 g/mol. The van der Waals surface area contributed by atoms with Gasteiger partial charge in [0.15, 0.2) is 0 Å². The van der Waals surface area contributed by atoms with Gasteiger partial charge in [0.1, 0.15) is 5.82 Å². The lowest BCUT2D eigenvalue weighted by Crippen LogP contribution is -2.17. The summed E-state index contributed by atoms with van der Waals surface area (Å²) in [4.78, 5) is 22.2. The predicted molar refractivity (Wildman–Crippen MR) is 92.1 cm³/mol. The average Bonchev–Trinajstić information content (AvgIpc) is 3.11. The summed E-state index contributed by atoms with van der Waals surface area (Å²) in [6.07, 6.45) is 2.87. The number of carbonyl (C=O) groups excluding carboxylic acids is 1. The number of nitrogens with one attached hydrogen (secondary N) is 2. The number of nitrogens with zero attached hydrogens (tertiary/aromatic N) is 3. The zero-order chi connectivity index (χ0) is 18.5. The topological polar surface area (TPSA) is 113 Å². The SMILES string of the molecule is O=C(NN=Cc1cn[nH]c1-c1ccc(F)cc1)c1cccc([N+](=O)[O-])c1. The van der Waals surface area contributed by atoms with E-state index in [1.165, 1.54) is 42.7 Å². The first-order valence-corrected chi connectivity index (χ1v) is 7.42. The van der Waals surface area contributed by atoms with Gasteiger partial charge < -0.3 is 0 Å². The zero-order valence-electron chi connectivity index (χ0n) is 13.2. The lowest BCUT2D eigenvalue weighted by molar-refractivity contribution is -0.384. The zero-order valence-corrected chi connectivity index (χ0v) is 13.2. The fourth-order valence-electron chi connectivity index (χ4n) is 2.23. The highest BCUT2D eigenvalue weighted by atomic mass is 19.1. The Morgan fingerprint density at radius 2 is 2.04 bits per heavy atom. The second-order valence-electron chi connectivity index (χ2n) is 5.21. The summed E-state index contributed by atoms with van der Waals surface area (Å²) < 4.78 is 13.0. The lowest BCUT2D eigenvalue weighted by atomic mass is 10.1. The number of rotatable bonds is 5. The van der Waals surface area contributed by atoms with Gasteiger partial charge in [0.25, 0.3) is 11.6 Å². The van der Waals surface area contributed by atoms with Crippen LogP contribution >= 0.6 is 0 Å². The molecule has 8 nitrogen and oxygen atoms in total. The molecule has 0 atom stereocenters. The first-order chi connectivity index (χ1) is 12.5. The molecule has 3 rings (SSSR count). The number of benzene rings is 2. The van der Waals surface area contributed by atoms with Crippen molar-refractivity contribution in [3.63, 3.8) is 0 Å². The Balaban J connectivity index is 1.73. The Morgan fingerprint density at radius 1 is 1.27 bits per heavy atom. The third-order valence-electron chi connectivity index (χ3n) is 3.49. The first kappa shape index (κ1) is 17.0. The fraction of sp³-hybridized carbons (Fsp3) is 0. The van der Waals surface area contributed by atoms with Gasteiger partial charge in [-0.2, -0.15) is 10.2 Å². The van der Waals surface area contributed by atoms with Gasteiger partial charge in [-0.15, -0.1) is 0 Å². The van der Waals surface area contributed by atoms with Crippen LogP contribution in [-0.4, -0.2) is 27.2 Å². The smallest absolute Gasteiger partial charge is 0.271 e. The van der Waals surface area contributed by atoms with Crippen LogP contribution in [0.2, 0.25) is 0 Å². The molecule has 0 saturated heterocycles. The largest absolute Gasteiger partial charge is 0.277 e. The van der Waals surface area contributed by atoms with E-state index in [1.54, 1.807) is 12.1 Å². The van der Waals surface area contributed by atoms with Crippen molar-refractivity contribution >= 4 is 17.8 Å². The molecular formula is C17H12FN5O3. The third kappa shape index (κ3) is 3.78. The summed E-state index contributed by atoms with van der Waals surface area (Å²) >= 11 is 0. The van der Waals surface area contributed by atoms with Gasteiger partial charge in [-0.3, -0.25) is 20.0 Å². The minimum Gasteiger partial charge on any atom is -0.277 e. The van der Waals surface area contributed by atoms with Crippen LogP contribution in [0.5, 0.6) is 0 Å². The van der Waals surface area contributed by atoms with Crippen LogP contribution in [0.1, 0.15) is 15.9 Å². The van der Waals surface area contributed by atoms with Crippen LogP contribution in [0.15, 0.2) is 59.8 Å². The van der Waals surface area contributed by atoms with E-state index in [9.17, 15) is 19.3 Å². The number of amides is 1. The summed E-state index contributed by atoms with van der Waals surface area (Å²) in [6, 6.07) is 11.1. The van der Waals surface area contributed by atoms with Crippen molar-refractivity contribution in [3.8, 4) is 11.3 Å². The molecule has 0 aliphatic carbocycles. The maximum Gasteiger partial charge on any atom is 0.271 e. The molecule has 9 heteroatoms. The van der Waals surface area contributed by atoms with Gasteiger partial charge in [0.2, 0.25) is 0 Å². The molecule has 0 radical (unpaired) electrons. The van der Waals surface area contributed by atoms with Gasteiger partial charge in [0.05, 0.1) is 23.0 Å². The second kappa shape index (κ2) is 7.34. The fourth-order valence-corrected chi connectivity index (χ4v) is 2.23. The van der Waals surface area contributed by atoms with Crippen molar-refractivity contribution in [1.82, 2.24) is 15.6 Å². The van der Waals surface area contributed by atoms with Gasteiger partial charge in [-0.05, 0) is 30.3 Å². The molecule has 0 bridgehead atoms. The Hall–Kier alpha value is -3.88. The van der Waals surface area contributed by atoms with Crippen molar-refractivity contribution < 1.29 is 14.1 Å². The van der Waals surface area contributed by atoms with Crippen molar-refractivity contribution in [2.75, 3.05) is 0 Å². The van der Waals surface area contributed by atoms with E-state index < -0.39 is 10.8 Å². The van der Waals surface area contributed by atoms with Crippen molar-refractivity contribution in [2.24, 2.45) is 5.10 Å². The quantitative estimate of drug-likeness (QED) is 0.417. The predicted octanol–water partition coefficient (Wildman–Crippen LogP) is 2.89. The van der Waals surface area contributed by atoms with E-state index in [2.05, 4.69) is 20.7 Å². The number of hydrazone groups is 1. The lowest BCUT2D eigenvalue weighted by Gasteiger charge is -2.01. The van der Waals surface area contributed by atoms with Crippen LogP contribution in [0.3, 0.4) is 0 Å². The van der Waals surface area contributed by atoms with E-state index in [0.717, 1.165) is 6.07 Å². The highest BCUT2D eigenvalue weighted by molar-refractivity contribution is 5.96. The Bertz CT molecular complexity index is 982. The molecule has 1 amide bonds. The summed E-state index contributed by atoms with van der Waals surface area (Å²) in [5, 5.41) is 21.3. The number of hydrogen-bond donors (Lipinski definition) is 2. The molecule has 0 saturated carbocycles. The molecule has 0 unspecified atom stereocenters. The Labute approximate surface area is 146 Å². The molecule has 0 aliphatic heterocycles.